The molecule has 0 radical (unpaired) electrons. The van der Waals surface area contributed by atoms with Gasteiger partial charge in [-0.15, -0.1) is 0 Å². The van der Waals surface area contributed by atoms with Crippen molar-refractivity contribution in [3.8, 4) is 0 Å². The van der Waals surface area contributed by atoms with Crippen molar-refractivity contribution in [3.05, 3.63) is 47.0 Å². The lowest BCUT2D eigenvalue weighted by Crippen LogP contribution is -2.33. The summed E-state index contributed by atoms with van der Waals surface area (Å²) >= 11 is 0. The van der Waals surface area contributed by atoms with Crippen LogP contribution in [0.4, 0.5) is 0 Å². The van der Waals surface area contributed by atoms with Gasteiger partial charge in [-0.3, -0.25) is 0 Å². The number of aromatic carboxylic acids is 1. The molecule has 2 atom stereocenters. The number of nitrogens with zero attached hydrogens (tertiary/aromatic N) is 2. The highest BCUT2D eigenvalue weighted by molar-refractivity contribution is 7.34. The number of carboxylic acids is 1. The Morgan fingerprint density at radius 1 is 1.10 bits per heavy atom. The lowest BCUT2D eigenvalue weighted by molar-refractivity contribution is -0.384. The number of hydrogen-bond donors (Lipinski definition) is 1. The van der Waals surface area contributed by atoms with Crippen LogP contribution in [0.2, 0.25) is 0 Å². The third-order valence-electron chi connectivity index (χ3n) is 4.03. The Kier molecular flexibility index (Phi) is 2.76. The summed E-state index contributed by atoms with van der Waals surface area (Å²) in [6.45, 7) is 3.94. The van der Waals surface area contributed by atoms with Gasteiger partial charge < -0.3 is 23.3 Å². The molecule has 1 N–H and O–H groups in total. The van der Waals surface area contributed by atoms with E-state index in [1.54, 1.807) is 6.07 Å². The van der Waals surface area contributed by atoms with Crippen molar-refractivity contribution in [1.82, 2.24) is 8.68 Å². The molecular formula is C14H15N2O4P. The predicted molar refractivity (Wildman–Crippen MR) is 76.8 cm³/mol. The number of ether oxygens (including phenoxy) is 2. The van der Waals surface area contributed by atoms with E-state index in [0.717, 1.165) is 17.1 Å². The molecule has 0 aliphatic carbocycles. The molecule has 2 unspecified atom stereocenters. The maximum Gasteiger partial charge on any atom is 0.352 e. The summed E-state index contributed by atoms with van der Waals surface area (Å²) in [5.41, 5.74) is 3.47. The smallest absolute Gasteiger partial charge is 0.352 e. The average Bonchev–Trinajstić information content (AvgIpc) is 2.99. The second kappa shape index (κ2) is 4.44. The molecule has 2 aromatic rings. The van der Waals surface area contributed by atoms with Gasteiger partial charge >= 0.3 is 5.97 Å². The van der Waals surface area contributed by atoms with Gasteiger partial charge in [0.15, 0.2) is 6.29 Å². The van der Waals surface area contributed by atoms with Crippen LogP contribution in [0.15, 0.2) is 24.3 Å². The van der Waals surface area contributed by atoms with E-state index in [1.165, 1.54) is 0 Å². The van der Waals surface area contributed by atoms with Crippen LogP contribution in [0.5, 0.6) is 0 Å². The number of rotatable bonds is 2. The first-order chi connectivity index (χ1) is 10.1. The van der Waals surface area contributed by atoms with Crippen LogP contribution in [-0.2, 0) is 9.47 Å². The largest absolute Gasteiger partial charge is 0.477 e. The minimum atomic E-state index is -0.900. The van der Waals surface area contributed by atoms with Crippen LogP contribution < -0.4 is 0 Å². The Labute approximate surface area is 123 Å². The summed E-state index contributed by atoms with van der Waals surface area (Å²) in [4.78, 5) is 11.3. The fourth-order valence-corrected chi connectivity index (χ4v) is 4.47. The fraction of sp³-hybridized carbons (Fsp3) is 0.357. The summed E-state index contributed by atoms with van der Waals surface area (Å²) < 4.78 is 15.1. The van der Waals surface area contributed by atoms with Crippen molar-refractivity contribution in [2.24, 2.45) is 0 Å². The van der Waals surface area contributed by atoms with Crippen LogP contribution in [-0.4, -0.2) is 26.0 Å². The number of carbonyl (C=O) groups is 1. The van der Waals surface area contributed by atoms with Gasteiger partial charge in [-0.2, -0.15) is 0 Å². The Hall–Kier alpha value is -1.62. The fourth-order valence-electron chi connectivity index (χ4n) is 2.92. The summed E-state index contributed by atoms with van der Waals surface area (Å²) in [5, 5.41) is 9.31. The predicted octanol–water partition coefficient (Wildman–Crippen LogP) is 2.75. The van der Waals surface area contributed by atoms with E-state index in [-0.39, 0.29) is 27.4 Å². The normalized spacial score (nSPS) is 28.0. The van der Waals surface area contributed by atoms with Gasteiger partial charge in [0.05, 0.1) is 14.6 Å². The second-order valence-corrected chi connectivity index (χ2v) is 6.39. The molecule has 2 aliphatic rings. The number of aromatic nitrogens is 2. The molecule has 1 fully saturated rings. The molecule has 2 aliphatic heterocycles. The Morgan fingerprint density at radius 2 is 1.71 bits per heavy atom. The van der Waals surface area contributed by atoms with Crippen LogP contribution in [0, 0.1) is 0 Å². The summed E-state index contributed by atoms with van der Waals surface area (Å²) in [6, 6.07) is 7.64. The molecule has 4 rings (SSSR count). The van der Waals surface area contributed by atoms with Crippen molar-refractivity contribution in [1.29, 1.82) is 0 Å². The van der Waals surface area contributed by atoms with E-state index in [9.17, 15) is 9.90 Å². The van der Waals surface area contributed by atoms with Crippen molar-refractivity contribution in [2.75, 3.05) is 0 Å². The summed E-state index contributed by atoms with van der Waals surface area (Å²) in [5.74, 6) is -0.756. The lowest BCUT2D eigenvalue weighted by atomic mass is 10.1. The highest BCUT2D eigenvalue weighted by Gasteiger charge is 2.35. The molecule has 7 heteroatoms. The maximum atomic E-state index is 11.3. The van der Waals surface area contributed by atoms with Crippen molar-refractivity contribution < 1.29 is 19.4 Å². The van der Waals surface area contributed by atoms with E-state index in [1.807, 2.05) is 23.4 Å². The van der Waals surface area contributed by atoms with Crippen LogP contribution in [0.25, 0.3) is 0 Å². The number of hydrogen-bond acceptors (Lipinski definition) is 3. The molecule has 0 amide bonds. The van der Waals surface area contributed by atoms with Gasteiger partial charge in [-0.1, -0.05) is 6.92 Å². The minimum Gasteiger partial charge on any atom is -0.477 e. The zero-order valence-electron chi connectivity index (χ0n) is 11.6. The SMILES string of the molecule is CC1OC(c2ccc3n2Pn2c(C(=O)O)ccc2C3C)O1. The molecule has 0 bridgehead atoms. The molecule has 1 saturated heterocycles. The molecule has 4 heterocycles. The summed E-state index contributed by atoms with van der Waals surface area (Å²) in [6.07, 6.45) is -0.527. The van der Waals surface area contributed by atoms with Crippen LogP contribution in [0.1, 0.15) is 53.6 Å². The number of fused-ring (bicyclic) bond motifs is 2. The van der Waals surface area contributed by atoms with Gasteiger partial charge in [-0.25, -0.2) is 4.79 Å². The van der Waals surface area contributed by atoms with Gasteiger partial charge in [0.2, 0.25) is 6.29 Å². The topological polar surface area (TPSA) is 65.6 Å². The first-order valence-corrected chi connectivity index (χ1v) is 7.70. The average molecular weight is 306 g/mol. The second-order valence-electron chi connectivity index (χ2n) is 5.30. The van der Waals surface area contributed by atoms with Crippen LogP contribution in [0.3, 0.4) is 0 Å². The molecule has 0 spiro atoms. The number of carboxylic acid groups (broad SMARTS) is 1. The van der Waals surface area contributed by atoms with E-state index < -0.39 is 5.97 Å². The van der Waals surface area contributed by atoms with E-state index >= 15 is 0 Å². The first-order valence-electron chi connectivity index (χ1n) is 6.80. The zero-order chi connectivity index (χ0) is 14.7. The molecule has 2 aromatic heterocycles. The molecule has 0 saturated carbocycles. The Bertz CT molecular complexity index is 729. The third-order valence-corrected chi connectivity index (χ3v) is 5.45. The van der Waals surface area contributed by atoms with Gasteiger partial charge in [0.1, 0.15) is 5.69 Å². The van der Waals surface area contributed by atoms with Crippen molar-refractivity contribution in [2.45, 2.75) is 32.3 Å². The van der Waals surface area contributed by atoms with Crippen LogP contribution >= 0.6 is 8.88 Å². The standard InChI is InChI=1S/C14H15N2O4P/c1-7-9-3-5-11(13(17)18)15(9)21-16-10(7)4-6-12(16)14-19-8(2)20-14/h3-8,14,21H,1-2H3,(H,17,18). The van der Waals surface area contributed by atoms with E-state index in [2.05, 4.69) is 17.3 Å². The highest BCUT2D eigenvalue weighted by atomic mass is 31.1. The Morgan fingerprint density at radius 3 is 2.38 bits per heavy atom. The molecular weight excluding hydrogens is 291 g/mol. The third kappa shape index (κ3) is 1.80. The lowest BCUT2D eigenvalue weighted by Gasteiger charge is -2.35. The van der Waals surface area contributed by atoms with Gasteiger partial charge in [0, 0.05) is 17.3 Å². The minimum absolute atomic E-state index is 0.144. The van der Waals surface area contributed by atoms with Crippen molar-refractivity contribution >= 4 is 14.9 Å². The van der Waals surface area contributed by atoms with Crippen molar-refractivity contribution in [3.63, 3.8) is 0 Å². The molecule has 0 aromatic carbocycles. The molecule has 6 nitrogen and oxygen atoms in total. The first kappa shape index (κ1) is 13.1. The Balaban J connectivity index is 1.77. The monoisotopic (exact) mass is 306 g/mol. The van der Waals surface area contributed by atoms with Gasteiger partial charge in [-0.05, 0) is 31.2 Å². The summed E-state index contributed by atoms with van der Waals surface area (Å²) in [7, 11) is 0.184. The quantitative estimate of drug-likeness (QED) is 0.866. The van der Waals surface area contributed by atoms with E-state index in [0.29, 0.717) is 5.69 Å². The molecule has 21 heavy (non-hydrogen) atoms. The maximum absolute atomic E-state index is 11.3. The zero-order valence-corrected chi connectivity index (χ0v) is 12.6. The molecule has 110 valence electrons. The van der Waals surface area contributed by atoms with Gasteiger partial charge in [0.25, 0.3) is 0 Å². The van der Waals surface area contributed by atoms with E-state index in [4.69, 9.17) is 9.47 Å². The highest BCUT2D eigenvalue weighted by Crippen LogP contribution is 2.44.